The smallest absolute Gasteiger partial charge is 0.323 e. The summed E-state index contributed by atoms with van der Waals surface area (Å²) in [5.74, 6) is -0.0966. The zero-order valence-corrected chi connectivity index (χ0v) is 13.6. The van der Waals surface area contributed by atoms with Crippen molar-refractivity contribution in [2.75, 3.05) is 7.05 Å². The minimum atomic E-state index is -0.959. The van der Waals surface area contributed by atoms with Crippen molar-refractivity contribution in [1.29, 1.82) is 0 Å². The minimum absolute atomic E-state index is 0.132. The predicted molar refractivity (Wildman–Crippen MR) is 81.8 cm³/mol. The molecule has 2 aromatic rings. The molecule has 0 aliphatic heterocycles. The van der Waals surface area contributed by atoms with Gasteiger partial charge in [-0.2, -0.15) is 0 Å². The monoisotopic (exact) mass is 339 g/mol. The Morgan fingerprint density at radius 3 is 2.65 bits per heavy atom. The molecule has 108 valence electrons. The van der Waals surface area contributed by atoms with Crippen molar-refractivity contribution < 1.29 is 14.3 Å². The molecule has 1 aromatic carbocycles. The summed E-state index contributed by atoms with van der Waals surface area (Å²) in [5, 5.41) is 10.3. The van der Waals surface area contributed by atoms with Crippen LogP contribution in [-0.2, 0) is 4.79 Å². The van der Waals surface area contributed by atoms with Crippen LogP contribution < -0.4 is 0 Å². The number of aliphatic carboxylic acids is 1. The molecule has 5 heteroatoms. The molecule has 0 spiro atoms. The number of carboxylic acid groups (broad SMARTS) is 1. The first kappa shape index (κ1) is 15.1. The van der Waals surface area contributed by atoms with E-state index in [9.17, 15) is 9.90 Å². The Bertz CT molecular complexity index is 648. The van der Waals surface area contributed by atoms with E-state index in [4.69, 9.17) is 4.42 Å². The number of hydrogen-bond acceptors (Lipinski definition) is 3. The molecule has 0 bridgehead atoms. The molecule has 0 saturated heterocycles. The van der Waals surface area contributed by atoms with E-state index in [1.54, 1.807) is 25.8 Å². The summed E-state index contributed by atoms with van der Waals surface area (Å²) < 4.78 is 6.82. The summed E-state index contributed by atoms with van der Waals surface area (Å²) in [6, 6.07) is 7.63. The molecular formula is C15H18BrNO3. The summed E-state index contributed by atoms with van der Waals surface area (Å²) in [4.78, 5) is 13.1. The second kappa shape index (κ2) is 5.22. The molecule has 20 heavy (non-hydrogen) atoms. The molecule has 1 heterocycles. The first-order chi connectivity index (χ1) is 9.23. The molecule has 0 saturated carbocycles. The Hall–Kier alpha value is -1.33. The molecule has 0 radical (unpaired) electrons. The van der Waals surface area contributed by atoms with Gasteiger partial charge in [-0.15, -0.1) is 0 Å². The lowest BCUT2D eigenvalue weighted by Crippen LogP contribution is -2.48. The van der Waals surface area contributed by atoms with Gasteiger partial charge in [-0.3, -0.25) is 9.69 Å². The van der Waals surface area contributed by atoms with Crippen LogP contribution in [0.3, 0.4) is 0 Å². The molecule has 1 unspecified atom stereocenters. The second-order valence-electron chi connectivity index (χ2n) is 5.48. The van der Waals surface area contributed by atoms with E-state index in [2.05, 4.69) is 15.9 Å². The first-order valence-electron chi connectivity index (χ1n) is 6.39. The molecule has 1 atom stereocenters. The summed E-state index contributed by atoms with van der Waals surface area (Å²) in [7, 11) is 1.79. The number of hydrogen-bond donors (Lipinski definition) is 1. The number of carboxylic acids is 1. The van der Waals surface area contributed by atoms with Gasteiger partial charge in [0.15, 0.2) is 0 Å². The van der Waals surface area contributed by atoms with E-state index >= 15 is 0 Å². The van der Waals surface area contributed by atoms with E-state index in [0.717, 1.165) is 21.2 Å². The standard InChI is InChI=1S/C15H18BrNO3/c1-9(17(4)15(2,3)14(18)19)13-8-10-7-11(16)5-6-12(10)20-13/h5-9H,1-4H3,(H,18,19). The zero-order chi connectivity index (χ0) is 15.1. The van der Waals surface area contributed by atoms with Crippen LogP contribution in [-0.4, -0.2) is 28.6 Å². The maximum absolute atomic E-state index is 11.3. The number of likely N-dealkylation sites (N-methyl/N-ethyl adjacent to an activating group) is 1. The van der Waals surface area contributed by atoms with Crippen molar-refractivity contribution >= 4 is 32.9 Å². The van der Waals surface area contributed by atoms with Gasteiger partial charge in [0.05, 0.1) is 6.04 Å². The van der Waals surface area contributed by atoms with Crippen molar-refractivity contribution in [1.82, 2.24) is 4.90 Å². The summed E-state index contributed by atoms with van der Waals surface area (Å²) in [6.45, 7) is 5.31. The predicted octanol–water partition coefficient (Wildman–Crippen LogP) is 4.05. The van der Waals surface area contributed by atoms with Gasteiger partial charge in [0.1, 0.15) is 16.9 Å². The van der Waals surface area contributed by atoms with E-state index in [1.807, 2.05) is 31.2 Å². The van der Waals surface area contributed by atoms with Crippen LogP contribution in [0.1, 0.15) is 32.6 Å². The number of halogens is 1. The van der Waals surface area contributed by atoms with Crippen LogP contribution >= 0.6 is 15.9 Å². The fraction of sp³-hybridized carbons (Fsp3) is 0.400. The quantitative estimate of drug-likeness (QED) is 0.912. The minimum Gasteiger partial charge on any atom is -0.480 e. The number of fused-ring (bicyclic) bond motifs is 1. The normalized spacial score (nSPS) is 13.9. The van der Waals surface area contributed by atoms with E-state index in [-0.39, 0.29) is 6.04 Å². The first-order valence-corrected chi connectivity index (χ1v) is 7.18. The maximum Gasteiger partial charge on any atom is 0.323 e. The van der Waals surface area contributed by atoms with Crippen LogP contribution in [0, 0.1) is 0 Å². The molecular weight excluding hydrogens is 322 g/mol. The average Bonchev–Trinajstić information content (AvgIpc) is 2.79. The molecule has 0 aliphatic carbocycles. The molecule has 1 N–H and O–H groups in total. The highest BCUT2D eigenvalue weighted by atomic mass is 79.9. The lowest BCUT2D eigenvalue weighted by Gasteiger charge is -2.35. The average molecular weight is 340 g/mol. The van der Waals surface area contributed by atoms with Crippen molar-refractivity contribution in [3.8, 4) is 0 Å². The van der Waals surface area contributed by atoms with Crippen LogP contribution in [0.4, 0.5) is 0 Å². The number of carbonyl (C=O) groups is 1. The SMILES string of the molecule is CC(c1cc2cc(Br)ccc2o1)N(C)C(C)(C)C(=O)O. The molecule has 4 nitrogen and oxygen atoms in total. The van der Waals surface area contributed by atoms with Gasteiger partial charge >= 0.3 is 5.97 Å². The fourth-order valence-electron chi connectivity index (χ4n) is 2.07. The Balaban J connectivity index is 2.36. The third-order valence-corrected chi connectivity index (χ3v) is 4.39. The zero-order valence-electron chi connectivity index (χ0n) is 12.0. The van der Waals surface area contributed by atoms with Gasteiger partial charge < -0.3 is 9.52 Å². The Morgan fingerprint density at radius 1 is 1.40 bits per heavy atom. The topological polar surface area (TPSA) is 53.7 Å². The largest absolute Gasteiger partial charge is 0.480 e. The number of benzene rings is 1. The molecule has 0 amide bonds. The highest BCUT2D eigenvalue weighted by molar-refractivity contribution is 9.10. The Morgan fingerprint density at radius 2 is 2.05 bits per heavy atom. The van der Waals surface area contributed by atoms with Crippen molar-refractivity contribution in [2.45, 2.75) is 32.4 Å². The lowest BCUT2D eigenvalue weighted by molar-refractivity contribution is -0.150. The lowest BCUT2D eigenvalue weighted by atomic mass is 10.0. The highest BCUT2D eigenvalue weighted by Gasteiger charge is 2.36. The van der Waals surface area contributed by atoms with Gasteiger partial charge in [-0.05, 0) is 52.1 Å². The van der Waals surface area contributed by atoms with Crippen molar-refractivity contribution in [2.24, 2.45) is 0 Å². The maximum atomic E-state index is 11.3. The molecule has 0 aliphatic rings. The number of nitrogens with zero attached hydrogens (tertiary/aromatic N) is 1. The van der Waals surface area contributed by atoms with E-state index in [0.29, 0.717) is 0 Å². The van der Waals surface area contributed by atoms with Gasteiger partial charge in [0, 0.05) is 9.86 Å². The van der Waals surface area contributed by atoms with Crippen LogP contribution in [0.15, 0.2) is 33.2 Å². The highest BCUT2D eigenvalue weighted by Crippen LogP contribution is 2.31. The van der Waals surface area contributed by atoms with E-state index < -0.39 is 11.5 Å². The third-order valence-electron chi connectivity index (χ3n) is 3.90. The van der Waals surface area contributed by atoms with Gasteiger partial charge in [0.2, 0.25) is 0 Å². The fourth-order valence-corrected chi connectivity index (χ4v) is 2.45. The summed E-state index contributed by atoms with van der Waals surface area (Å²) in [6.07, 6.45) is 0. The third kappa shape index (κ3) is 2.60. The summed E-state index contributed by atoms with van der Waals surface area (Å²) in [5.41, 5.74) is -0.157. The number of furan rings is 1. The van der Waals surface area contributed by atoms with Crippen molar-refractivity contribution in [3.63, 3.8) is 0 Å². The van der Waals surface area contributed by atoms with Crippen molar-refractivity contribution in [3.05, 3.63) is 34.5 Å². The van der Waals surface area contributed by atoms with E-state index in [1.165, 1.54) is 0 Å². The van der Waals surface area contributed by atoms with Gasteiger partial charge in [0.25, 0.3) is 0 Å². The molecule has 0 fully saturated rings. The van der Waals surface area contributed by atoms with Gasteiger partial charge in [-0.25, -0.2) is 0 Å². The van der Waals surface area contributed by atoms with Gasteiger partial charge in [-0.1, -0.05) is 15.9 Å². The second-order valence-corrected chi connectivity index (χ2v) is 6.40. The summed E-state index contributed by atoms with van der Waals surface area (Å²) >= 11 is 3.43. The molecule has 1 aromatic heterocycles. The Labute approximate surface area is 126 Å². The van der Waals surface area contributed by atoms with Crippen LogP contribution in [0.5, 0.6) is 0 Å². The van der Waals surface area contributed by atoms with Crippen LogP contribution in [0.2, 0.25) is 0 Å². The number of rotatable bonds is 4. The Kier molecular flexibility index (Phi) is 3.93. The van der Waals surface area contributed by atoms with Crippen LogP contribution in [0.25, 0.3) is 11.0 Å². The molecule has 2 rings (SSSR count).